The van der Waals surface area contributed by atoms with Gasteiger partial charge in [-0.15, -0.1) is 0 Å². The highest BCUT2D eigenvalue weighted by atomic mass is 16.3. The molecule has 2 heterocycles. The van der Waals surface area contributed by atoms with Crippen LogP contribution in [0.1, 0.15) is 12.5 Å². The second kappa shape index (κ2) is 6.61. The molecule has 5 aromatic carbocycles. The van der Waals surface area contributed by atoms with Crippen LogP contribution in [0.3, 0.4) is 0 Å². The van der Waals surface area contributed by atoms with E-state index in [9.17, 15) is 0 Å². The van der Waals surface area contributed by atoms with Gasteiger partial charge in [-0.05, 0) is 34.7 Å². The Morgan fingerprint density at radius 1 is 0.588 bits per heavy atom. The highest BCUT2D eigenvalue weighted by Crippen LogP contribution is 2.45. The molecule has 1 atom stereocenters. The number of allylic oxidation sites excluding steroid dienone is 4. The Morgan fingerprint density at radius 2 is 1.26 bits per heavy atom. The van der Waals surface area contributed by atoms with E-state index in [0.717, 1.165) is 17.6 Å². The largest absolute Gasteiger partial charge is 0.453 e. The maximum atomic E-state index is 6.89. The molecule has 0 bridgehead atoms. The van der Waals surface area contributed by atoms with Crippen LogP contribution in [0, 0.1) is 0 Å². The third kappa shape index (κ3) is 2.25. The molecule has 160 valence electrons. The SMILES string of the molecule is C1=CCC(n2c3ccccc3c3ccc4c(oc5c6ccccc6c6ccccc6c45)c32)C=C1. The van der Waals surface area contributed by atoms with Gasteiger partial charge in [0, 0.05) is 32.4 Å². The van der Waals surface area contributed by atoms with Gasteiger partial charge < -0.3 is 8.98 Å². The third-order valence-electron chi connectivity index (χ3n) is 7.47. The molecular weight excluding hydrogens is 414 g/mol. The Hall–Kier alpha value is -4.30. The minimum Gasteiger partial charge on any atom is -0.453 e. The lowest BCUT2D eigenvalue weighted by molar-refractivity contribution is 0.636. The van der Waals surface area contributed by atoms with Crippen molar-refractivity contribution >= 4 is 65.3 Å². The second-order valence-electron chi connectivity index (χ2n) is 9.24. The van der Waals surface area contributed by atoms with Crippen molar-refractivity contribution in [1.82, 2.24) is 4.57 Å². The molecule has 0 fully saturated rings. The monoisotopic (exact) mass is 435 g/mol. The molecule has 2 aromatic heterocycles. The lowest BCUT2D eigenvalue weighted by Crippen LogP contribution is -2.06. The summed E-state index contributed by atoms with van der Waals surface area (Å²) in [6.07, 6.45) is 9.84. The Bertz CT molecular complexity index is 2000. The molecule has 1 aliphatic carbocycles. The maximum absolute atomic E-state index is 6.89. The van der Waals surface area contributed by atoms with E-state index in [-0.39, 0.29) is 6.04 Å². The summed E-state index contributed by atoms with van der Waals surface area (Å²) in [4.78, 5) is 0. The summed E-state index contributed by atoms with van der Waals surface area (Å²) in [7, 11) is 0. The lowest BCUT2D eigenvalue weighted by atomic mass is 9.97. The van der Waals surface area contributed by atoms with E-state index in [1.165, 1.54) is 54.1 Å². The number of para-hydroxylation sites is 1. The topological polar surface area (TPSA) is 18.1 Å². The van der Waals surface area contributed by atoms with Gasteiger partial charge in [0.2, 0.25) is 0 Å². The minimum atomic E-state index is 0.264. The van der Waals surface area contributed by atoms with E-state index >= 15 is 0 Å². The van der Waals surface area contributed by atoms with Gasteiger partial charge in [-0.1, -0.05) is 97.1 Å². The second-order valence-corrected chi connectivity index (χ2v) is 9.24. The van der Waals surface area contributed by atoms with Gasteiger partial charge >= 0.3 is 0 Å². The van der Waals surface area contributed by atoms with Gasteiger partial charge in [0.25, 0.3) is 0 Å². The molecule has 0 radical (unpaired) electrons. The van der Waals surface area contributed by atoms with Crippen LogP contribution >= 0.6 is 0 Å². The number of nitrogens with zero attached hydrogens (tertiary/aromatic N) is 1. The van der Waals surface area contributed by atoms with Crippen LogP contribution < -0.4 is 0 Å². The molecule has 1 aliphatic rings. The van der Waals surface area contributed by atoms with E-state index in [2.05, 4.69) is 114 Å². The molecule has 0 saturated carbocycles. The fraction of sp³-hybridized carbons (Fsp3) is 0.0625. The Kier molecular flexibility index (Phi) is 3.53. The Morgan fingerprint density at radius 3 is 2.06 bits per heavy atom. The van der Waals surface area contributed by atoms with Crippen LogP contribution in [0.25, 0.3) is 65.3 Å². The number of hydrogen-bond donors (Lipinski definition) is 0. The number of furan rings is 1. The zero-order valence-corrected chi connectivity index (χ0v) is 18.5. The predicted molar refractivity (Wildman–Crippen MR) is 144 cm³/mol. The summed E-state index contributed by atoms with van der Waals surface area (Å²) in [6, 6.07) is 30.9. The number of rotatable bonds is 1. The van der Waals surface area contributed by atoms with Crippen molar-refractivity contribution in [1.29, 1.82) is 0 Å². The third-order valence-corrected chi connectivity index (χ3v) is 7.47. The average Bonchev–Trinajstić information content (AvgIpc) is 3.46. The van der Waals surface area contributed by atoms with Crippen molar-refractivity contribution in [3.8, 4) is 0 Å². The average molecular weight is 436 g/mol. The molecule has 0 N–H and O–H groups in total. The molecule has 2 nitrogen and oxygen atoms in total. The minimum absolute atomic E-state index is 0.264. The van der Waals surface area contributed by atoms with Gasteiger partial charge in [-0.25, -0.2) is 0 Å². The van der Waals surface area contributed by atoms with Gasteiger partial charge in [-0.2, -0.15) is 0 Å². The first kappa shape index (κ1) is 18.2. The first-order chi connectivity index (χ1) is 16.9. The van der Waals surface area contributed by atoms with E-state index < -0.39 is 0 Å². The van der Waals surface area contributed by atoms with Crippen molar-refractivity contribution < 1.29 is 4.42 Å². The van der Waals surface area contributed by atoms with E-state index in [1.54, 1.807) is 0 Å². The van der Waals surface area contributed by atoms with Crippen LogP contribution in [-0.4, -0.2) is 4.57 Å². The van der Waals surface area contributed by atoms with Crippen LogP contribution in [-0.2, 0) is 0 Å². The molecule has 0 spiro atoms. The van der Waals surface area contributed by atoms with Crippen molar-refractivity contribution in [3.05, 3.63) is 109 Å². The maximum Gasteiger partial charge on any atom is 0.159 e. The quantitative estimate of drug-likeness (QED) is 0.235. The summed E-state index contributed by atoms with van der Waals surface area (Å²) >= 11 is 0. The standard InChI is InChI=1S/C32H21NO/c1-2-10-20(11-3-1)33-28-17-9-8-14-23(28)25-18-19-27-29-24-15-6-4-12-21(24)22-13-5-7-16-26(22)31(29)34-32(27)30(25)33/h1-10,12-20H,11H2. The first-order valence-electron chi connectivity index (χ1n) is 11.9. The number of benzene rings is 5. The van der Waals surface area contributed by atoms with Crippen LogP contribution in [0.2, 0.25) is 0 Å². The van der Waals surface area contributed by atoms with E-state index in [4.69, 9.17) is 4.42 Å². The summed E-state index contributed by atoms with van der Waals surface area (Å²) in [5.41, 5.74) is 4.40. The van der Waals surface area contributed by atoms with Crippen molar-refractivity contribution in [2.45, 2.75) is 12.5 Å². The van der Waals surface area contributed by atoms with E-state index in [0.29, 0.717) is 0 Å². The van der Waals surface area contributed by atoms with Gasteiger partial charge in [0.05, 0.1) is 11.6 Å². The van der Waals surface area contributed by atoms with Gasteiger partial charge in [0.1, 0.15) is 5.58 Å². The molecule has 8 rings (SSSR count). The number of aromatic nitrogens is 1. The normalized spacial score (nSPS) is 16.2. The zero-order chi connectivity index (χ0) is 22.2. The van der Waals surface area contributed by atoms with Crippen molar-refractivity contribution in [2.75, 3.05) is 0 Å². The number of hydrogen-bond acceptors (Lipinski definition) is 1. The first-order valence-corrected chi connectivity index (χ1v) is 11.9. The highest BCUT2D eigenvalue weighted by Gasteiger charge is 2.23. The molecule has 1 unspecified atom stereocenters. The molecule has 2 heteroatoms. The van der Waals surface area contributed by atoms with Crippen LogP contribution in [0.15, 0.2) is 114 Å². The van der Waals surface area contributed by atoms with Crippen molar-refractivity contribution in [2.24, 2.45) is 0 Å². The summed E-state index contributed by atoms with van der Waals surface area (Å²) < 4.78 is 9.37. The van der Waals surface area contributed by atoms with Crippen LogP contribution in [0.5, 0.6) is 0 Å². The Balaban J connectivity index is 1.64. The van der Waals surface area contributed by atoms with Crippen molar-refractivity contribution in [3.63, 3.8) is 0 Å². The molecule has 0 amide bonds. The summed E-state index contributed by atoms with van der Waals surface area (Å²) in [6.45, 7) is 0. The molecular formula is C32H21NO. The highest BCUT2D eigenvalue weighted by molar-refractivity contribution is 6.32. The molecule has 0 aliphatic heterocycles. The molecule has 0 saturated heterocycles. The van der Waals surface area contributed by atoms with Crippen LogP contribution in [0.4, 0.5) is 0 Å². The smallest absolute Gasteiger partial charge is 0.159 e. The predicted octanol–water partition coefficient (Wildman–Crippen LogP) is 9.06. The zero-order valence-electron chi connectivity index (χ0n) is 18.5. The Labute approximate surface area is 196 Å². The lowest BCUT2D eigenvalue weighted by Gasteiger charge is -2.18. The van der Waals surface area contributed by atoms with Gasteiger partial charge in [-0.3, -0.25) is 0 Å². The fourth-order valence-corrected chi connectivity index (χ4v) is 6.05. The fourth-order valence-electron chi connectivity index (χ4n) is 6.05. The van der Waals surface area contributed by atoms with E-state index in [1.807, 2.05) is 0 Å². The number of fused-ring (bicyclic) bond motifs is 12. The molecule has 7 aromatic rings. The summed E-state index contributed by atoms with van der Waals surface area (Å²) in [5, 5.41) is 9.85. The van der Waals surface area contributed by atoms with Gasteiger partial charge in [0.15, 0.2) is 5.58 Å². The molecule has 34 heavy (non-hydrogen) atoms. The summed E-state index contributed by atoms with van der Waals surface area (Å²) in [5.74, 6) is 0.